The Hall–Kier alpha value is -6.60. The second kappa shape index (κ2) is 11.7. The molecule has 2 heterocycles. The number of hydrogen-bond donors (Lipinski definition) is 2. The van der Waals surface area contributed by atoms with Crippen LogP contribution in [0, 0.1) is 0 Å². The summed E-state index contributed by atoms with van der Waals surface area (Å²) in [7, 11) is 0. The molecule has 0 fully saturated rings. The first kappa shape index (κ1) is 27.9. The molecule has 0 aliphatic heterocycles. The Labute approximate surface area is 271 Å². The highest BCUT2D eigenvalue weighted by atomic mass is 16.5. The highest BCUT2D eigenvalue weighted by Gasteiger charge is 2.16. The van der Waals surface area contributed by atoms with Crippen LogP contribution in [0.2, 0.25) is 0 Å². The van der Waals surface area contributed by atoms with E-state index in [9.17, 15) is 0 Å². The van der Waals surface area contributed by atoms with Crippen molar-refractivity contribution >= 4 is 33.4 Å². The van der Waals surface area contributed by atoms with Gasteiger partial charge in [-0.3, -0.25) is 0 Å². The Balaban J connectivity index is 1.19. The van der Waals surface area contributed by atoms with Gasteiger partial charge in [0.05, 0.1) is 44.8 Å². The summed E-state index contributed by atoms with van der Waals surface area (Å²) >= 11 is 0. The lowest BCUT2D eigenvalue weighted by Crippen LogP contribution is -1.97. The molecule has 8 rings (SSSR count). The number of aromatic nitrogens is 4. The average Bonchev–Trinajstić information content (AvgIpc) is 3.12. The number of rotatable bonds is 6. The second-order valence-corrected chi connectivity index (χ2v) is 11.2. The van der Waals surface area contributed by atoms with E-state index in [1.165, 1.54) is 0 Å². The van der Waals surface area contributed by atoms with Crippen LogP contribution in [0.1, 0.15) is 0 Å². The zero-order chi connectivity index (χ0) is 31.7. The van der Waals surface area contributed by atoms with Crippen LogP contribution in [0.25, 0.3) is 67.1 Å². The molecule has 0 saturated carbocycles. The summed E-state index contributed by atoms with van der Waals surface area (Å²) in [5, 5.41) is 0. The highest BCUT2D eigenvalue weighted by Crippen LogP contribution is 2.35. The van der Waals surface area contributed by atoms with E-state index < -0.39 is 0 Å². The number of hydrogen-bond acceptors (Lipinski definition) is 7. The van der Waals surface area contributed by atoms with Crippen LogP contribution in [0.3, 0.4) is 0 Å². The molecule has 0 aliphatic carbocycles. The van der Waals surface area contributed by atoms with Gasteiger partial charge in [-0.05, 0) is 48.5 Å². The molecule has 6 aromatic carbocycles. The maximum Gasteiger partial charge on any atom is 0.129 e. The summed E-state index contributed by atoms with van der Waals surface area (Å²) in [4.78, 5) is 20.2. The fourth-order valence-electron chi connectivity index (χ4n) is 5.61. The van der Waals surface area contributed by atoms with E-state index in [0.29, 0.717) is 33.9 Å². The van der Waals surface area contributed by atoms with Crippen molar-refractivity contribution in [2.75, 3.05) is 11.5 Å². The van der Waals surface area contributed by atoms with E-state index in [-0.39, 0.29) is 0 Å². The second-order valence-electron chi connectivity index (χ2n) is 11.2. The Morgan fingerprint density at radius 1 is 0.340 bits per heavy atom. The van der Waals surface area contributed by atoms with Crippen molar-refractivity contribution in [2.24, 2.45) is 0 Å². The molecule has 2 aromatic heterocycles. The predicted molar refractivity (Wildman–Crippen MR) is 190 cm³/mol. The van der Waals surface area contributed by atoms with Crippen LogP contribution >= 0.6 is 0 Å². The van der Waals surface area contributed by atoms with Crippen LogP contribution in [0.4, 0.5) is 11.4 Å². The molecule has 0 bridgehead atoms. The van der Waals surface area contributed by atoms with E-state index >= 15 is 0 Å². The fraction of sp³-hybridized carbons (Fsp3) is 0. The molecule has 0 saturated heterocycles. The van der Waals surface area contributed by atoms with Gasteiger partial charge in [0.1, 0.15) is 11.5 Å². The van der Waals surface area contributed by atoms with Gasteiger partial charge in [0.2, 0.25) is 0 Å². The summed E-state index contributed by atoms with van der Waals surface area (Å²) in [6.07, 6.45) is 0. The molecule has 0 atom stereocenters. The van der Waals surface area contributed by atoms with Crippen molar-refractivity contribution in [3.05, 3.63) is 146 Å². The third-order valence-corrected chi connectivity index (χ3v) is 7.97. The van der Waals surface area contributed by atoms with Gasteiger partial charge < -0.3 is 16.2 Å². The van der Waals surface area contributed by atoms with E-state index in [1.807, 2.05) is 146 Å². The molecule has 4 N–H and O–H groups in total. The number of nitrogen functional groups attached to an aromatic ring is 2. The number of fused-ring (bicyclic) bond motifs is 2. The van der Waals surface area contributed by atoms with Gasteiger partial charge in [0.15, 0.2) is 0 Å². The minimum absolute atomic E-state index is 0.634. The number of benzene rings is 6. The highest BCUT2D eigenvalue weighted by molar-refractivity contribution is 5.88. The van der Waals surface area contributed by atoms with Crippen molar-refractivity contribution in [3.63, 3.8) is 0 Å². The van der Waals surface area contributed by atoms with Crippen molar-refractivity contribution in [2.45, 2.75) is 0 Å². The Morgan fingerprint density at radius 2 is 0.681 bits per heavy atom. The molecule has 0 unspecified atom stereocenters. The first-order chi connectivity index (χ1) is 23.1. The smallest absolute Gasteiger partial charge is 0.129 e. The van der Waals surface area contributed by atoms with Gasteiger partial charge in [0.25, 0.3) is 0 Å². The summed E-state index contributed by atoms with van der Waals surface area (Å²) in [5.41, 5.74) is 23.3. The van der Waals surface area contributed by atoms with Crippen molar-refractivity contribution < 1.29 is 4.74 Å². The lowest BCUT2D eigenvalue weighted by molar-refractivity contribution is 0.484. The molecule has 0 aliphatic rings. The van der Waals surface area contributed by atoms with Crippen molar-refractivity contribution in [3.8, 4) is 56.5 Å². The Morgan fingerprint density at radius 3 is 1.06 bits per heavy atom. The molecule has 0 amide bonds. The van der Waals surface area contributed by atoms with Gasteiger partial charge in [-0.25, -0.2) is 19.9 Å². The zero-order valence-corrected chi connectivity index (χ0v) is 25.2. The first-order valence-corrected chi connectivity index (χ1v) is 15.2. The zero-order valence-electron chi connectivity index (χ0n) is 25.2. The minimum atomic E-state index is 0.634. The first-order valence-electron chi connectivity index (χ1n) is 15.2. The van der Waals surface area contributed by atoms with Crippen molar-refractivity contribution in [1.29, 1.82) is 0 Å². The molecule has 7 nitrogen and oxygen atoms in total. The van der Waals surface area contributed by atoms with Crippen LogP contribution in [-0.4, -0.2) is 19.9 Å². The molecular weight excluding hydrogens is 580 g/mol. The third kappa shape index (κ3) is 5.58. The maximum absolute atomic E-state index is 6.38. The molecule has 7 heteroatoms. The maximum atomic E-state index is 6.38. The molecule has 224 valence electrons. The van der Waals surface area contributed by atoms with Gasteiger partial charge in [-0.1, -0.05) is 84.9 Å². The van der Waals surface area contributed by atoms with Crippen LogP contribution in [-0.2, 0) is 0 Å². The van der Waals surface area contributed by atoms with E-state index in [1.54, 1.807) is 0 Å². The number of nitrogens with zero attached hydrogens (tertiary/aromatic N) is 4. The quantitative estimate of drug-likeness (QED) is 0.181. The summed E-state index contributed by atoms with van der Waals surface area (Å²) in [6.45, 7) is 0. The van der Waals surface area contributed by atoms with Crippen LogP contribution in [0.15, 0.2) is 146 Å². The predicted octanol–water partition coefficient (Wildman–Crippen LogP) is 9.20. The summed E-state index contributed by atoms with van der Waals surface area (Å²) < 4.78 is 6.38. The Bertz CT molecular complexity index is 2210. The standard InChI is InChI=1S/C40H28N6O/c41-29-15-11-27(12-16-29)39-37(25-7-3-1-4-8-25)43-33-21-19-31(23-35(33)45-39)47-32-20-22-34-36(24-32)46-40(28-13-17-30(42)18-14-28)38(44-34)26-9-5-2-6-10-26/h1-24H,41-42H2. The molecule has 0 spiro atoms. The van der Waals surface area contributed by atoms with Gasteiger partial charge in [-0.15, -0.1) is 0 Å². The normalized spacial score (nSPS) is 11.1. The van der Waals surface area contributed by atoms with Crippen LogP contribution < -0.4 is 16.2 Å². The van der Waals surface area contributed by atoms with E-state index in [2.05, 4.69) is 0 Å². The number of ether oxygens (including phenoxy) is 1. The monoisotopic (exact) mass is 608 g/mol. The molecule has 0 radical (unpaired) electrons. The van der Waals surface area contributed by atoms with Gasteiger partial charge >= 0.3 is 0 Å². The average molecular weight is 609 g/mol. The van der Waals surface area contributed by atoms with E-state index in [0.717, 1.165) is 56.1 Å². The minimum Gasteiger partial charge on any atom is -0.457 e. The van der Waals surface area contributed by atoms with Gasteiger partial charge in [0, 0.05) is 45.8 Å². The summed E-state index contributed by atoms with van der Waals surface area (Å²) in [5.74, 6) is 1.27. The van der Waals surface area contributed by atoms with E-state index in [4.69, 9.17) is 36.1 Å². The lowest BCUT2D eigenvalue weighted by Gasteiger charge is -2.13. The van der Waals surface area contributed by atoms with Crippen LogP contribution in [0.5, 0.6) is 11.5 Å². The molecule has 8 aromatic rings. The fourth-order valence-corrected chi connectivity index (χ4v) is 5.61. The largest absolute Gasteiger partial charge is 0.457 e. The number of anilines is 2. The Kier molecular flexibility index (Phi) is 6.96. The summed E-state index contributed by atoms with van der Waals surface area (Å²) in [6, 6.07) is 47.0. The van der Waals surface area contributed by atoms with Gasteiger partial charge in [-0.2, -0.15) is 0 Å². The molecular formula is C40H28N6O. The topological polar surface area (TPSA) is 113 Å². The third-order valence-electron chi connectivity index (χ3n) is 7.97. The SMILES string of the molecule is Nc1ccc(-c2nc3cc(Oc4ccc5nc(-c6ccccc6)c(-c6ccc(N)cc6)nc5c4)ccc3nc2-c2ccccc2)cc1. The number of nitrogens with two attached hydrogens (primary N) is 2. The molecule has 47 heavy (non-hydrogen) atoms. The lowest BCUT2D eigenvalue weighted by atomic mass is 10.0. The van der Waals surface area contributed by atoms with Crippen molar-refractivity contribution in [1.82, 2.24) is 19.9 Å².